The summed E-state index contributed by atoms with van der Waals surface area (Å²) in [6.07, 6.45) is 8.58. The molecule has 1 heterocycles. The molecule has 1 aromatic heterocycles. The van der Waals surface area contributed by atoms with Crippen LogP contribution in [0.5, 0.6) is 0 Å². The second kappa shape index (κ2) is 4.71. The Labute approximate surface area is 91.1 Å². The van der Waals surface area contributed by atoms with E-state index < -0.39 is 0 Å². The van der Waals surface area contributed by atoms with E-state index in [0.717, 1.165) is 11.7 Å². The van der Waals surface area contributed by atoms with Crippen LogP contribution in [0, 0.1) is 11.8 Å². The fraction of sp³-hybridized carbons (Fsp3) is 0.667. The van der Waals surface area contributed by atoms with E-state index >= 15 is 0 Å². The highest BCUT2D eigenvalue weighted by molar-refractivity contribution is 4.97. The van der Waals surface area contributed by atoms with E-state index in [2.05, 4.69) is 16.9 Å². The summed E-state index contributed by atoms with van der Waals surface area (Å²) < 4.78 is 0. The molecular weight excluding hydrogens is 186 g/mol. The van der Waals surface area contributed by atoms with Gasteiger partial charge < -0.3 is 5.73 Å². The molecule has 1 atom stereocenters. The summed E-state index contributed by atoms with van der Waals surface area (Å²) in [6.45, 7) is 2.32. The zero-order chi connectivity index (χ0) is 10.7. The van der Waals surface area contributed by atoms with Gasteiger partial charge in [0.1, 0.15) is 5.82 Å². The maximum absolute atomic E-state index is 6.19. The molecule has 0 radical (unpaired) electrons. The third kappa shape index (κ3) is 2.53. The van der Waals surface area contributed by atoms with Gasteiger partial charge in [0, 0.05) is 12.4 Å². The van der Waals surface area contributed by atoms with E-state index in [1.165, 1.54) is 25.7 Å². The van der Waals surface area contributed by atoms with Crippen LogP contribution in [0.15, 0.2) is 18.5 Å². The van der Waals surface area contributed by atoms with Crippen molar-refractivity contribution in [3.8, 4) is 0 Å². The molecule has 15 heavy (non-hydrogen) atoms. The number of nitrogens with two attached hydrogens (primary N) is 1. The lowest BCUT2D eigenvalue weighted by Gasteiger charge is -2.29. The smallest absolute Gasteiger partial charge is 0.145 e. The zero-order valence-corrected chi connectivity index (χ0v) is 9.26. The van der Waals surface area contributed by atoms with Crippen molar-refractivity contribution < 1.29 is 0 Å². The molecule has 2 rings (SSSR count). The molecule has 1 aliphatic carbocycles. The Morgan fingerprint density at radius 2 is 1.80 bits per heavy atom. The van der Waals surface area contributed by atoms with E-state index in [1.54, 1.807) is 12.4 Å². The highest BCUT2D eigenvalue weighted by atomic mass is 14.9. The largest absolute Gasteiger partial charge is 0.321 e. The first-order valence-electron chi connectivity index (χ1n) is 5.80. The minimum atomic E-state index is 0.0266. The van der Waals surface area contributed by atoms with Crippen molar-refractivity contribution in [1.82, 2.24) is 9.97 Å². The molecule has 0 aromatic carbocycles. The lowest BCUT2D eigenvalue weighted by Crippen LogP contribution is -2.26. The van der Waals surface area contributed by atoms with Gasteiger partial charge in [-0.1, -0.05) is 19.8 Å². The maximum Gasteiger partial charge on any atom is 0.145 e. The summed E-state index contributed by atoms with van der Waals surface area (Å²) in [6, 6.07) is 1.86. The van der Waals surface area contributed by atoms with Crippen LogP contribution in [-0.2, 0) is 0 Å². The number of rotatable bonds is 2. The Balaban J connectivity index is 1.99. The topological polar surface area (TPSA) is 51.8 Å². The standard InChI is InChI=1S/C12H19N3/c1-9-3-5-10(6-4-9)11(13)12-14-7-2-8-15-12/h2,7-11H,3-6,13H2,1H3. The van der Waals surface area contributed by atoms with Gasteiger partial charge in [-0.05, 0) is 30.7 Å². The fourth-order valence-corrected chi connectivity index (χ4v) is 2.34. The molecule has 0 aliphatic heterocycles. The van der Waals surface area contributed by atoms with Crippen LogP contribution in [0.25, 0.3) is 0 Å². The third-order valence-corrected chi connectivity index (χ3v) is 3.45. The van der Waals surface area contributed by atoms with Gasteiger partial charge >= 0.3 is 0 Å². The first-order valence-corrected chi connectivity index (χ1v) is 5.80. The van der Waals surface area contributed by atoms with Gasteiger partial charge in [0.2, 0.25) is 0 Å². The quantitative estimate of drug-likeness (QED) is 0.806. The van der Waals surface area contributed by atoms with E-state index in [1.807, 2.05) is 6.07 Å². The first kappa shape index (κ1) is 10.6. The summed E-state index contributed by atoms with van der Waals surface area (Å²) in [5.74, 6) is 2.24. The summed E-state index contributed by atoms with van der Waals surface area (Å²) >= 11 is 0. The van der Waals surface area contributed by atoms with Gasteiger partial charge in [0.25, 0.3) is 0 Å². The van der Waals surface area contributed by atoms with Crippen LogP contribution >= 0.6 is 0 Å². The molecule has 3 heteroatoms. The Morgan fingerprint density at radius 1 is 1.20 bits per heavy atom. The minimum Gasteiger partial charge on any atom is -0.321 e. The lowest BCUT2D eigenvalue weighted by atomic mass is 9.79. The third-order valence-electron chi connectivity index (χ3n) is 3.45. The van der Waals surface area contributed by atoms with Crippen LogP contribution in [-0.4, -0.2) is 9.97 Å². The summed E-state index contributed by atoms with van der Waals surface area (Å²) in [4.78, 5) is 8.47. The van der Waals surface area contributed by atoms with Crippen molar-refractivity contribution in [3.05, 3.63) is 24.3 Å². The fourth-order valence-electron chi connectivity index (χ4n) is 2.34. The lowest BCUT2D eigenvalue weighted by molar-refractivity contribution is 0.251. The van der Waals surface area contributed by atoms with Crippen molar-refractivity contribution in [3.63, 3.8) is 0 Å². The van der Waals surface area contributed by atoms with Gasteiger partial charge in [0.15, 0.2) is 0 Å². The molecule has 0 saturated heterocycles. The molecule has 0 amide bonds. The van der Waals surface area contributed by atoms with Gasteiger partial charge in [0.05, 0.1) is 6.04 Å². The Bertz CT molecular complexity index is 291. The predicted octanol–water partition coefficient (Wildman–Crippen LogP) is 2.30. The highest BCUT2D eigenvalue weighted by Crippen LogP contribution is 2.34. The predicted molar refractivity (Wildman–Crippen MR) is 60.1 cm³/mol. The van der Waals surface area contributed by atoms with Crippen LogP contribution in [0.2, 0.25) is 0 Å². The molecule has 1 aromatic rings. The Kier molecular flexibility index (Phi) is 3.31. The molecule has 1 unspecified atom stereocenters. The SMILES string of the molecule is CC1CCC(C(N)c2ncccn2)CC1. The minimum absolute atomic E-state index is 0.0266. The van der Waals surface area contributed by atoms with E-state index in [4.69, 9.17) is 5.73 Å². The van der Waals surface area contributed by atoms with Crippen molar-refractivity contribution in [2.45, 2.75) is 38.6 Å². The number of hydrogen-bond acceptors (Lipinski definition) is 3. The molecule has 3 nitrogen and oxygen atoms in total. The second-order valence-electron chi connectivity index (χ2n) is 4.65. The molecular formula is C12H19N3. The van der Waals surface area contributed by atoms with Crippen LogP contribution < -0.4 is 5.73 Å². The summed E-state index contributed by atoms with van der Waals surface area (Å²) in [7, 11) is 0. The van der Waals surface area contributed by atoms with Crippen LogP contribution in [0.3, 0.4) is 0 Å². The maximum atomic E-state index is 6.19. The second-order valence-corrected chi connectivity index (χ2v) is 4.65. The molecule has 1 aliphatic rings. The number of aromatic nitrogens is 2. The van der Waals surface area contributed by atoms with Gasteiger partial charge in [-0.25, -0.2) is 9.97 Å². The monoisotopic (exact) mass is 205 g/mol. The van der Waals surface area contributed by atoms with Crippen molar-refractivity contribution in [1.29, 1.82) is 0 Å². The van der Waals surface area contributed by atoms with Crippen molar-refractivity contribution >= 4 is 0 Å². The molecule has 1 saturated carbocycles. The molecule has 0 bridgehead atoms. The Morgan fingerprint density at radius 3 is 2.40 bits per heavy atom. The average Bonchev–Trinajstić information content (AvgIpc) is 2.30. The summed E-state index contributed by atoms with van der Waals surface area (Å²) in [5.41, 5.74) is 6.19. The average molecular weight is 205 g/mol. The zero-order valence-electron chi connectivity index (χ0n) is 9.26. The van der Waals surface area contributed by atoms with Gasteiger partial charge in [-0.2, -0.15) is 0 Å². The van der Waals surface area contributed by atoms with Gasteiger partial charge in [-0.3, -0.25) is 0 Å². The highest BCUT2D eigenvalue weighted by Gasteiger charge is 2.25. The summed E-state index contributed by atoms with van der Waals surface area (Å²) in [5, 5.41) is 0. The number of hydrogen-bond donors (Lipinski definition) is 1. The van der Waals surface area contributed by atoms with Crippen LogP contribution in [0.1, 0.15) is 44.5 Å². The normalized spacial score (nSPS) is 28.7. The van der Waals surface area contributed by atoms with E-state index in [0.29, 0.717) is 5.92 Å². The van der Waals surface area contributed by atoms with Crippen molar-refractivity contribution in [2.75, 3.05) is 0 Å². The molecule has 2 N–H and O–H groups in total. The van der Waals surface area contributed by atoms with E-state index in [9.17, 15) is 0 Å². The Hall–Kier alpha value is -0.960. The number of nitrogens with zero attached hydrogens (tertiary/aromatic N) is 2. The van der Waals surface area contributed by atoms with Gasteiger partial charge in [-0.15, -0.1) is 0 Å². The molecule has 82 valence electrons. The van der Waals surface area contributed by atoms with Crippen molar-refractivity contribution in [2.24, 2.45) is 17.6 Å². The molecule has 0 spiro atoms. The van der Waals surface area contributed by atoms with E-state index in [-0.39, 0.29) is 6.04 Å². The van der Waals surface area contributed by atoms with Crippen LogP contribution in [0.4, 0.5) is 0 Å². The molecule has 1 fully saturated rings. The first-order chi connectivity index (χ1) is 7.27.